The summed E-state index contributed by atoms with van der Waals surface area (Å²) >= 11 is 0. The molecule has 0 heterocycles. The van der Waals surface area contributed by atoms with E-state index in [0.717, 1.165) is 14.8 Å². The van der Waals surface area contributed by atoms with E-state index in [9.17, 15) is 26.3 Å². The van der Waals surface area contributed by atoms with E-state index in [-0.39, 0.29) is 0 Å². The summed E-state index contributed by atoms with van der Waals surface area (Å²) in [5.74, 6) is 0. The molecule has 0 radical (unpaired) electrons. The van der Waals surface area contributed by atoms with Crippen LogP contribution in [-0.4, -0.2) is 32.3 Å². The van der Waals surface area contributed by atoms with Crippen LogP contribution < -0.4 is 0 Å². The molecular formula is C5H7BF6O. The summed E-state index contributed by atoms with van der Waals surface area (Å²) in [6, 6.07) is -1.13. The lowest BCUT2D eigenvalue weighted by Crippen LogP contribution is -2.46. The summed E-state index contributed by atoms with van der Waals surface area (Å²) in [5.41, 5.74) is 0. The van der Waals surface area contributed by atoms with Crippen LogP contribution in [0.2, 0.25) is 0 Å². The Balaban J connectivity index is 4.58. The monoisotopic (exact) mass is 208 g/mol. The van der Waals surface area contributed by atoms with Crippen molar-refractivity contribution in [1.82, 2.24) is 0 Å². The third kappa shape index (κ3) is 4.40. The molecular weight excluding hydrogens is 201 g/mol. The minimum atomic E-state index is -5.41. The topological polar surface area (TPSA) is 9.23 Å². The summed E-state index contributed by atoms with van der Waals surface area (Å²) in [4.78, 5) is 0. The highest BCUT2D eigenvalue weighted by Gasteiger charge is 2.58. The fourth-order valence-electron chi connectivity index (χ4n) is 0.612. The van der Waals surface area contributed by atoms with Gasteiger partial charge >= 0.3 is 12.4 Å². The highest BCUT2D eigenvalue weighted by atomic mass is 19.4. The molecule has 1 atom stereocenters. The van der Waals surface area contributed by atoms with E-state index in [1.165, 1.54) is 0 Å². The van der Waals surface area contributed by atoms with Crippen molar-refractivity contribution in [2.75, 3.05) is 0 Å². The van der Waals surface area contributed by atoms with Crippen LogP contribution in [0, 0.1) is 0 Å². The Kier molecular flexibility index (Phi) is 3.66. The summed E-state index contributed by atoms with van der Waals surface area (Å²) in [6.07, 6.45) is -14.5. The number of halogens is 6. The lowest BCUT2D eigenvalue weighted by Gasteiger charge is -2.24. The van der Waals surface area contributed by atoms with Gasteiger partial charge in [-0.25, -0.2) is 0 Å². The second-order valence-corrected chi connectivity index (χ2v) is 2.65. The van der Waals surface area contributed by atoms with E-state index in [0.29, 0.717) is 0 Å². The quantitative estimate of drug-likeness (QED) is 0.493. The standard InChI is InChI=1S/C5H7BF6O/c1-2(6)13-3(4(7,8)9)5(10,11)12/h2-3H,6H2,1H3. The predicted octanol–water partition coefficient (Wildman–Crippen LogP) is 1.48. The zero-order valence-electron chi connectivity index (χ0n) is 6.83. The lowest BCUT2D eigenvalue weighted by atomic mass is 10.0. The molecule has 0 spiro atoms. The van der Waals surface area contributed by atoms with Crippen LogP contribution in [0.3, 0.4) is 0 Å². The Morgan fingerprint density at radius 3 is 1.38 bits per heavy atom. The van der Waals surface area contributed by atoms with Crippen molar-refractivity contribution in [3.05, 3.63) is 0 Å². The molecule has 0 amide bonds. The van der Waals surface area contributed by atoms with Gasteiger partial charge in [0.2, 0.25) is 6.10 Å². The van der Waals surface area contributed by atoms with Crippen LogP contribution in [0.5, 0.6) is 0 Å². The largest absolute Gasteiger partial charge is 0.423 e. The van der Waals surface area contributed by atoms with Gasteiger partial charge in [-0.15, -0.1) is 0 Å². The highest BCUT2D eigenvalue weighted by Crippen LogP contribution is 2.35. The second-order valence-electron chi connectivity index (χ2n) is 2.65. The average molecular weight is 208 g/mol. The first-order valence-electron chi connectivity index (χ1n) is 3.34. The van der Waals surface area contributed by atoms with Gasteiger partial charge in [-0.05, 0) is 6.92 Å². The van der Waals surface area contributed by atoms with Gasteiger partial charge in [0.25, 0.3) is 0 Å². The van der Waals surface area contributed by atoms with Gasteiger partial charge in [-0.3, -0.25) is 0 Å². The minimum absolute atomic E-state index is 1.10. The maximum absolute atomic E-state index is 11.7. The van der Waals surface area contributed by atoms with Gasteiger partial charge in [0.05, 0.1) is 0 Å². The molecule has 1 unspecified atom stereocenters. The predicted molar refractivity (Wildman–Crippen MR) is 35.0 cm³/mol. The first-order valence-corrected chi connectivity index (χ1v) is 3.34. The van der Waals surface area contributed by atoms with Gasteiger partial charge in [0.15, 0.2) is 0 Å². The van der Waals surface area contributed by atoms with Gasteiger partial charge in [-0.1, -0.05) is 0 Å². The van der Waals surface area contributed by atoms with Crippen molar-refractivity contribution in [3.63, 3.8) is 0 Å². The zero-order valence-corrected chi connectivity index (χ0v) is 6.83. The number of alkyl halides is 6. The molecule has 0 rings (SSSR count). The fourth-order valence-corrected chi connectivity index (χ4v) is 0.612. The molecule has 8 heteroatoms. The Morgan fingerprint density at radius 2 is 1.31 bits per heavy atom. The van der Waals surface area contributed by atoms with Crippen LogP contribution in [0.4, 0.5) is 26.3 Å². The molecule has 78 valence electrons. The number of hydrogen-bond acceptors (Lipinski definition) is 1. The lowest BCUT2D eigenvalue weighted by molar-refractivity contribution is -0.324. The molecule has 0 saturated carbocycles. The SMILES string of the molecule is BC(C)OC(C(F)(F)F)C(F)(F)F. The van der Waals surface area contributed by atoms with Crippen molar-refractivity contribution in [3.8, 4) is 0 Å². The van der Waals surface area contributed by atoms with E-state index in [4.69, 9.17) is 0 Å². The van der Waals surface area contributed by atoms with Crippen LogP contribution in [-0.2, 0) is 4.74 Å². The molecule has 13 heavy (non-hydrogen) atoms. The van der Waals surface area contributed by atoms with E-state index < -0.39 is 24.5 Å². The van der Waals surface area contributed by atoms with Crippen LogP contribution in [0.15, 0.2) is 0 Å². The van der Waals surface area contributed by atoms with Crippen LogP contribution in [0.1, 0.15) is 6.92 Å². The van der Waals surface area contributed by atoms with E-state index in [1.807, 2.05) is 0 Å². The number of ether oxygens (including phenoxy) is 1. The van der Waals surface area contributed by atoms with Crippen LogP contribution in [0.25, 0.3) is 0 Å². The average Bonchev–Trinajstić information content (AvgIpc) is 1.77. The Hall–Kier alpha value is -0.395. The van der Waals surface area contributed by atoms with Gasteiger partial charge in [-0.2, -0.15) is 26.3 Å². The highest BCUT2D eigenvalue weighted by molar-refractivity contribution is 6.10. The fraction of sp³-hybridized carbons (Fsp3) is 1.00. The molecule has 0 aromatic rings. The summed E-state index contributed by atoms with van der Waals surface area (Å²) in [7, 11) is 1.10. The third-order valence-corrected chi connectivity index (χ3v) is 1.00. The molecule has 0 saturated heterocycles. The maximum atomic E-state index is 11.7. The van der Waals surface area contributed by atoms with Gasteiger partial charge < -0.3 is 4.74 Å². The Labute approximate surface area is 71.5 Å². The van der Waals surface area contributed by atoms with E-state index >= 15 is 0 Å². The van der Waals surface area contributed by atoms with E-state index in [2.05, 4.69) is 4.74 Å². The van der Waals surface area contributed by atoms with Crippen molar-refractivity contribution in [2.45, 2.75) is 31.4 Å². The second kappa shape index (κ2) is 3.77. The zero-order chi connectivity index (χ0) is 10.9. The normalized spacial score (nSPS) is 16.3. The van der Waals surface area contributed by atoms with Crippen LogP contribution >= 0.6 is 0 Å². The molecule has 0 aromatic heterocycles. The maximum Gasteiger partial charge on any atom is 0.423 e. The van der Waals surface area contributed by atoms with Gasteiger partial charge in [0.1, 0.15) is 7.85 Å². The summed E-state index contributed by atoms with van der Waals surface area (Å²) in [5, 5.41) is 0. The molecule has 0 aliphatic rings. The van der Waals surface area contributed by atoms with Crippen molar-refractivity contribution >= 4 is 7.85 Å². The first kappa shape index (κ1) is 12.6. The Bertz CT molecular complexity index is 147. The molecule has 0 fully saturated rings. The third-order valence-electron chi connectivity index (χ3n) is 1.00. The number of hydrogen-bond donors (Lipinski definition) is 0. The molecule has 1 nitrogen and oxygen atoms in total. The molecule has 0 N–H and O–H groups in total. The molecule has 0 aromatic carbocycles. The van der Waals surface area contributed by atoms with Crippen molar-refractivity contribution in [2.24, 2.45) is 0 Å². The Morgan fingerprint density at radius 1 is 1.00 bits per heavy atom. The summed E-state index contributed by atoms with van der Waals surface area (Å²) in [6.45, 7) is 1.10. The van der Waals surface area contributed by atoms with Crippen molar-refractivity contribution in [1.29, 1.82) is 0 Å². The molecule has 0 bridgehead atoms. The first-order chi connectivity index (χ1) is 5.55. The van der Waals surface area contributed by atoms with Gasteiger partial charge in [0, 0.05) is 6.00 Å². The van der Waals surface area contributed by atoms with Crippen molar-refractivity contribution < 1.29 is 31.1 Å². The smallest absolute Gasteiger partial charge is 0.367 e. The minimum Gasteiger partial charge on any atom is -0.367 e. The van der Waals surface area contributed by atoms with E-state index in [1.54, 1.807) is 0 Å². The summed E-state index contributed by atoms with van der Waals surface area (Å²) < 4.78 is 74.1. The molecule has 0 aliphatic heterocycles. The number of rotatable bonds is 2. The molecule has 0 aliphatic carbocycles.